The second-order valence-electron chi connectivity index (χ2n) is 6.59. The van der Waals surface area contributed by atoms with Crippen LogP contribution >= 0.6 is 34.9 Å². The molecule has 2 atom stereocenters. The summed E-state index contributed by atoms with van der Waals surface area (Å²) in [5.74, 6) is -0.329. The first-order valence-electron chi connectivity index (χ1n) is 8.18. The van der Waals surface area contributed by atoms with E-state index >= 15 is 0 Å². The fourth-order valence-electron chi connectivity index (χ4n) is 3.60. The minimum atomic E-state index is -0.974. The zero-order valence-electron chi connectivity index (χ0n) is 13.5. The molecule has 2 aromatic rings. The van der Waals surface area contributed by atoms with Gasteiger partial charge in [-0.15, -0.1) is 23.1 Å². The summed E-state index contributed by atoms with van der Waals surface area (Å²) >= 11 is 4.62. The maximum atomic E-state index is 11.9. The van der Waals surface area contributed by atoms with E-state index in [1.54, 1.807) is 29.1 Å². The maximum absolute atomic E-state index is 11.9. The fourth-order valence-corrected chi connectivity index (χ4v) is 7.39. The van der Waals surface area contributed by atoms with Crippen LogP contribution in [0.3, 0.4) is 0 Å². The zero-order valence-corrected chi connectivity index (χ0v) is 16.0. The molecule has 2 fully saturated rings. The third-order valence-corrected chi connectivity index (χ3v) is 8.79. The topological polar surface area (TPSA) is 86.5 Å². The Labute approximate surface area is 162 Å². The highest BCUT2D eigenvalue weighted by Crippen LogP contribution is 2.67. The van der Waals surface area contributed by atoms with E-state index in [2.05, 4.69) is 9.97 Å². The smallest absolute Gasteiger partial charge is 0.353 e. The number of hydrogen-bond acceptors (Lipinski definition) is 8. The predicted octanol–water partition coefficient (Wildman–Crippen LogP) is 3.08. The lowest BCUT2D eigenvalue weighted by atomic mass is 9.91. The standard InChI is InChI=1S/C17H15N3O3S3/c21-13(22)12-11(8-24-15-17(3-4-17)14(23)20(12)15)26-16-19-10(7-25-16)9-1-5-18-6-2-9/h1-2,5-7,14-15,23H,3-4,8H2,(H,21,22)/t14?,15-/m1/s1. The van der Waals surface area contributed by atoms with Gasteiger partial charge in [0.05, 0.1) is 11.1 Å². The number of aliphatic hydroxyl groups excluding tert-OH is 1. The van der Waals surface area contributed by atoms with Crippen LogP contribution in [-0.2, 0) is 4.79 Å². The second-order valence-corrected chi connectivity index (χ2v) is 9.86. The van der Waals surface area contributed by atoms with Gasteiger partial charge in [-0.25, -0.2) is 9.78 Å². The summed E-state index contributed by atoms with van der Waals surface area (Å²) in [5, 5.41) is 22.3. The van der Waals surface area contributed by atoms with Crippen molar-refractivity contribution in [2.24, 2.45) is 5.41 Å². The van der Waals surface area contributed by atoms with Crippen molar-refractivity contribution in [2.75, 3.05) is 5.75 Å². The van der Waals surface area contributed by atoms with Crippen LogP contribution in [0, 0.1) is 5.41 Å². The average molecular weight is 406 g/mol. The Bertz CT molecular complexity index is 910. The largest absolute Gasteiger partial charge is 0.477 e. The van der Waals surface area contributed by atoms with Crippen molar-refractivity contribution >= 4 is 40.8 Å². The Morgan fingerprint density at radius 3 is 2.81 bits per heavy atom. The van der Waals surface area contributed by atoms with Crippen LogP contribution in [0.5, 0.6) is 0 Å². The van der Waals surface area contributed by atoms with Gasteiger partial charge in [0.2, 0.25) is 0 Å². The molecule has 3 aliphatic rings. The summed E-state index contributed by atoms with van der Waals surface area (Å²) < 4.78 is 0.806. The minimum Gasteiger partial charge on any atom is -0.477 e. The van der Waals surface area contributed by atoms with Crippen molar-refractivity contribution in [3.05, 3.63) is 40.5 Å². The number of rotatable bonds is 4. The molecule has 1 spiro atoms. The van der Waals surface area contributed by atoms with Gasteiger partial charge in [-0.1, -0.05) is 11.8 Å². The minimum absolute atomic E-state index is 0.0722. The van der Waals surface area contributed by atoms with Crippen molar-refractivity contribution in [3.63, 3.8) is 0 Å². The molecule has 0 amide bonds. The molecule has 2 N–H and O–H groups in total. The van der Waals surface area contributed by atoms with Gasteiger partial charge in [0.15, 0.2) is 4.34 Å². The number of aliphatic carboxylic acids is 1. The van der Waals surface area contributed by atoms with Crippen molar-refractivity contribution in [1.29, 1.82) is 0 Å². The molecule has 2 aliphatic heterocycles. The van der Waals surface area contributed by atoms with Crippen molar-refractivity contribution in [2.45, 2.75) is 28.8 Å². The van der Waals surface area contributed by atoms with Gasteiger partial charge in [0.1, 0.15) is 11.9 Å². The molecule has 6 nitrogen and oxygen atoms in total. The van der Waals surface area contributed by atoms with Crippen LogP contribution in [0.25, 0.3) is 11.3 Å². The van der Waals surface area contributed by atoms with Gasteiger partial charge in [-0.2, -0.15) is 0 Å². The first kappa shape index (κ1) is 16.6. The summed E-state index contributed by atoms with van der Waals surface area (Å²) in [4.78, 5) is 23.0. The lowest BCUT2D eigenvalue weighted by Crippen LogP contribution is -2.65. The molecule has 5 rings (SSSR count). The number of carboxylic acid groups (broad SMARTS) is 1. The van der Waals surface area contributed by atoms with E-state index in [-0.39, 0.29) is 16.5 Å². The Balaban J connectivity index is 1.43. The van der Waals surface area contributed by atoms with Gasteiger partial charge >= 0.3 is 5.97 Å². The quantitative estimate of drug-likeness (QED) is 0.803. The van der Waals surface area contributed by atoms with Crippen LogP contribution in [0.2, 0.25) is 0 Å². The molecule has 0 radical (unpaired) electrons. The summed E-state index contributed by atoms with van der Waals surface area (Å²) in [6.07, 6.45) is 4.75. The average Bonchev–Trinajstić information content (AvgIpc) is 3.37. The first-order chi connectivity index (χ1) is 12.6. The molecule has 9 heteroatoms. The molecule has 0 bridgehead atoms. The van der Waals surface area contributed by atoms with E-state index in [9.17, 15) is 15.0 Å². The summed E-state index contributed by atoms with van der Waals surface area (Å²) in [5.41, 5.74) is 2.02. The molecule has 4 heterocycles. The number of carbonyl (C=O) groups is 1. The summed E-state index contributed by atoms with van der Waals surface area (Å²) in [6, 6.07) is 3.80. The number of aliphatic hydroxyl groups is 1. The van der Waals surface area contributed by atoms with Crippen LogP contribution in [0.15, 0.2) is 44.8 Å². The van der Waals surface area contributed by atoms with Crippen LogP contribution in [0.1, 0.15) is 12.8 Å². The number of thiazole rings is 1. The number of hydrogen-bond donors (Lipinski definition) is 2. The fraction of sp³-hybridized carbons (Fsp3) is 0.353. The predicted molar refractivity (Wildman–Crippen MR) is 102 cm³/mol. The number of pyridine rings is 1. The van der Waals surface area contributed by atoms with Crippen LogP contribution in [-0.4, -0.2) is 48.4 Å². The molecular weight excluding hydrogens is 390 g/mol. The molecular formula is C17H15N3O3S3. The lowest BCUT2D eigenvalue weighted by molar-refractivity contribution is -0.159. The second kappa shape index (κ2) is 5.98. The first-order valence-corrected chi connectivity index (χ1v) is 10.9. The van der Waals surface area contributed by atoms with Crippen molar-refractivity contribution in [1.82, 2.24) is 14.9 Å². The third kappa shape index (κ3) is 2.41. The monoisotopic (exact) mass is 405 g/mol. The Morgan fingerprint density at radius 1 is 1.35 bits per heavy atom. The normalized spacial score (nSPS) is 25.8. The highest BCUT2D eigenvalue weighted by atomic mass is 32.2. The Kier molecular flexibility index (Phi) is 3.82. The van der Waals surface area contributed by atoms with E-state index in [4.69, 9.17) is 0 Å². The SMILES string of the molecule is O=C(O)C1=C(Sc2nc(-c3ccncc3)cs2)CS[C@H]2N1C(O)C21CC1. The van der Waals surface area contributed by atoms with Gasteiger partial charge in [0.25, 0.3) is 0 Å². The van der Waals surface area contributed by atoms with Crippen molar-refractivity contribution < 1.29 is 15.0 Å². The van der Waals surface area contributed by atoms with E-state index < -0.39 is 12.2 Å². The van der Waals surface area contributed by atoms with Gasteiger partial charge < -0.3 is 15.1 Å². The van der Waals surface area contributed by atoms with Crippen LogP contribution in [0.4, 0.5) is 0 Å². The number of thioether (sulfide) groups is 2. The number of aromatic nitrogens is 2. The highest BCUT2D eigenvalue weighted by molar-refractivity contribution is 8.07. The molecule has 1 unspecified atom stereocenters. The number of carboxylic acids is 1. The van der Waals surface area contributed by atoms with Gasteiger partial charge in [-0.05, 0) is 25.0 Å². The molecule has 0 aromatic carbocycles. The van der Waals surface area contributed by atoms with E-state index in [0.29, 0.717) is 5.75 Å². The number of fused-ring (bicyclic) bond motifs is 2. The molecule has 1 saturated carbocycles. The van der Waals surface area contributed by atoms with E-state index in [1.807, 2.05) is 17.5 Å². The molecule has 1 saturated heterocycles. The third-order valence-electron chi connectivity index (χ3n) is 5.12. The van der Waals surface area contributed by atoms with Gasteiger partial charge in [-0.3, -0.25) is 4.98 Å². The van der Waals surface area contributed by atoms with Crippen LogP contribution < -0.4 is 0 Å². The summed E-state index contributed by atoms with van der Waals surface area (Å²) in [7, 11) is 0. The zero-order chi connectivity index (χ0) is 17.9. The number of nitrogens with zero attached hydrogens (tertiary/aromatic N) is 3. The molecule has 1 aliphatic carbocycles. The Hall–Kier alpha value is -1.55. The van der Waals surface area contributed by atoms with Crippen molar-refractivity contribution in [3.8, 4) is 11.3 Å². The van der Waals surface area contributed by atoms with E-state index in [1.165, 1.54) is 23.1 Å². The highest BCUT2D eigenvalue weighted by Gasteiger charge is 2.69. The van der Waals surface area contributed by atoms with E-state index in [0.717, 1.165) is 33.3 Å². The lowest BCUT2D eigenvalue weighted by Gasteiger charge is -2.56. The maximum Gasteiger partial charge on any atom is 0.353 e. The molecule has 2 aromatic heterocycles. The van der Waals surface area contributed by atoms with Gasteiger partial charge in [0, 0.05) is 39.4 Å². The molecule has 134 valence electrons. The Morgan fingerprint density at radius 2 is 2.12 bits per heavy atom. The molecule has 26 heavy (non-hydrogen) atoms. The summed E-state index contributed by atoms with van der Waals surface area (Å²) in [6.45, 7) is 0.